The smallest absolute Gasteiger partial charge is 0.0297 e. The van der Waals surface area contributed by atoms with Gasteiger partial charge >= 0.3 is 0 Å². The van der Waals surface area contributed by atoms with E-state index in [9.17, 15) is 0 Å². The zero-order chi connectivity index (χ0) is 8.48. The van der Waals surface area contributed by atoms with E-state index >= 15 is 0 Å². The molecule has 0 radical (unpaired) electrons. The third kappa shape index (κ3) is 2.21. The van der Waals surface area contributed by atoms with Gasteiger partial charge in [0.05, 0.1) is 0 Å². The minimum absolute atomic E-state index is 0.749. The average molecular weight is 154 g/mol. The Morgan fingerprint density at radius 2 is 1.82 bits per heavy atom. The summed E-state index contributed by atoms with van der Waals surface area (Å²) >= 11 is 0. The van der Waals surface area contributed by atoms with Crippen LogP contribution in [0.4, 0.5) is 0 Å². The van der Waals surface area contributed by atoms with Gasteiger partial charge in [-0.15, -0.1) is 0 Å². The van der Waals surface area contributed by atoms with Crippen molar-refractivity contribution in [3.63, 3.8) is 0 Å². The van der Waals surface area contributed by atoms with Crippen LogP contribution in [0.15, 0.2) is 0 Å². The average Bonchev–Trinajstić information content (AvgIpc) is 2.63. The highest BCUT2D eigenvalue weighted by Crippen LogP contribution is 2.54. The molecule has 66 valence electrons. The van der Waals surface area contributed by atoms with E-state index in [4.69, 9.17) is 0 Å². The van der Waals surface area contributed by atoms with Gasteiger partial charge in [-0.1, -0.05) is 34.1 Å². The van der Waals surface area contributed by atoms with E-state index in [0.29, 0.717) is 0 Å². The summed E-state index contributed by atoms with van der Waals surface area (Å²) < 4.78 is 0. The molecule has 0 aromatic rings. The van der Waals surface area contributed by atoms with Crippen molar-refractivity contribution in [2.45, 2.75) is 53.4 Å². The molecule has 0 bridgehead atoms. The summed E-state index contributed by atoms with van der Waals surface area (Å²) in [6, 6.07) is 0. The van der Waals surface area contributed by atoms with Gasteiger partial charge in [0, 0.05) is 0 Å². The van der Waals surface area contributed by atoms with Crippen LogP contribution in [-0.4, -0.2) is 0 Å². The fourth-order valence-electron chi connectivity index (χ4n) is 2.12. The van der Waals surface area contributed by atoms with Crippen LogP contribution in [0.25, 0.3) is 0 Å². The summed E-state index contributed by atoms with van der Waals surface area (Å²) in [6.45, 7) is 9.49. The Hall–Kier alpha value is 0. The fraction of sp³-hybridized carbons (Fsp3) is 1.00. The molecule has 1 atom stereocenters. The molecular formula is C11H22. The highest BCUT2D eigenvalue weighted by molar-refractivity contribution is 4.94. The van der Waals surface area contributed by atoms with Gasteiger partial charge in [0.25, 0.3) is 0 Å². The van der Waals surface area contributed by atoms with Crippen LogP contribution < -0.4 is 0 Å². The zero-order valence-corrected chi connectivity index (χ0v) is 8.48. The molecule has 0 nitrogen and oxygen atoms in total. The van der Waals surface area contributed by atoms with E-state index in [1.807, 2.05) is 0 Å². The molecule has 1 fully saturated rings. The van der Waals surface area contributed by atoms with Crippen LogP contribution >= 0.6 is 0 Å². The van der Waals surface area contributed by atoms with Gasteiger partial charge in [-0.05, 0) is 36.5 Å². The third-order valence-electron chi connectivity index (χ3n) is 3.27. The number of hydrogen-bond acceptors (Lipinski definition) is 0. The van der Waals surface area contributed by atoms with Gasteiger partial charge in [0.1, 0.15) is 0 Å². The number of rotatable bonds is 4. The Bertz CT molecular complexity index is 120. The molecule has 0 heteroatoms. The predicted molar refractivity (Wildman–Crippen MR) is 50.6 cm³/mol. The summed E-state index contributed by atoms with van der Waals surface area (Å²) in [5.74, 6) is 1.89. The van der Waals surface area contributed by atoms with Gasteiger partial charge in [0.2, 0.25) is 0 Å². The molecule has 0 aliphatic heterocycles. The third-order valence-corrected chi connectivity index (χ3v) is 3.27. The Kier molecular flexibility index (Phi) is 2.61. The molecule has 0 N–H and O–H groups in total. The molecule has 1 aliphatic carbocycles. The summed E-state index contributed by atoms with van der Waals surface area (Å²) in [5, 5.41) is 0. The van der Waals surface area contributed by atoms with Gasteiger partial charge in [0.15, 0.2) is 0 Å². The van der Waals surface area contributed by atoms with Crippen molar-refractivity contribution in [3.8, 4) is 0 Å². The Morgan fingerprint density at radius 1 is 1.27 bits per heavy atom. The Labute approximate surface area is 71.4 Å². The molecule has 1 unspecified atom stereocenters. The minimum Gasteiger partial charge on any atom is -0.0651 e. The molecule has 11 heavy (non-hydrogen) atoms. The maximum atomic E-state index is 2.46. The van der Waals surface area contributed by atoms with Crippen LogP contribution in [0.2, 0.25) is 0 Å². The quantitative estimate of drug-likeness (QED) is 0.577. The first-order valence-corrected chi connectivity index (χ1v) is 5.08. The second-order valence-electron chi connectivity index (χ2n) is 4.89. The molecule has 0 heterocycles. The molecule has 0 aromatic carbocycles. The van der Waals surface area contributed by atoms with E-state index in [1.165, 1.54) is 25.7 Å². The van der Waals surface area contributed by atoms with E-state index in [1.54, 1.807) is 0 Å². The van der Waals surface area contributed by atoms with Gasteiger partial charge in [-0.3, -0.25) is 0 Å². The highest BCUT2D eigenvalue weighted by Gasteiger charge is 2.43. The second kappa shape index (κ2) is 3.16. The van der Waals surface area contributed by atoms with Crippen LogP contribution in [0, 0.1) is 17.3 Å². The lowest BCUT2D eigenvalue weighted by molar-refractivity contribution is 0.271. The van der Waals surface area contributed by atoms with Crippen molar-refractivity contribution in [3.05, 3.63) is 0 Å². The maximum absolute atomic E-state index is 2.46. The summed E-state index contributed by atoms with van der Waals surface area (Å²) in [7, 11) is 0. The molecule has 0 spiro atoms. The maximum Gasteiger partial charge on any atom is -0.0297 e. The molecule has 1 saturated carbocycles. The van der Waals surface area contributed by atoms with E-state index in [2.05, 4.69) is 27.7 Å². The molecule has 1 aliphatic rings. The van der Waals surface area contributed by atoms with Crippen LogP contribution in [0.1, 0.15) is 53.4 Å². The Morgan fingerprint density at radius 3 is 2.09 bits per heavy atom. The van der Waals surface area contributed by atoms with Crippen molar-refractivity contribution in [2.75, 3.05) is 0 Å². The topological polar surface area (TPSA) is 0 Å². The van der Waals surface area contributed by atoms with Crippen molar-refractivity contribution in [1.82, 2.24) is 0 Å². The van der Waals surface area contributed by atoms with Crippen molar-refractivity contribution in [2.24, 2.45) is 17.3 Å². The first kappa shape index (κ1) is 9.09. The molecule has 1 rings (SSSR count). The minimum atomic E-state index is 0.749. The lowest BCUT2D eigenvalue weighted by Gasteiger charge is -2.23. The van der Waals surface area contributed by atoms with Gasteiger partial charge < -0.3 is 0 Å². The predicted octanol–water partition coefficient (Wildman–Crippen LogP) is 3.86. The normalized spacial score (nSPS) is 23.7. The standard InChI is InChI=1S/C11H22/c1-5-10(8-9(2)3)11(4)6-7-11/h9-10H,5-8H2,1-4H3. The second-order valence-corrected chi connectivity index (χ2v) is 4.89. The van der Waals surface area contributed by atoms with E-state index in [-0.39, 0.29) is 0 Å². The van der Waals surface area contributed by atoms with Crippen molar-refractivity contribution < 1.29 is 0 Å². The van der Waals surface area contributed by atoms with Crippen LogP contribution in [0.3, 0.4) is 0 Å². The van der Waals surface area contributed by atoms with E-state index in [0.717, 1.165) is 17.3 Å². The first-order valence-electron chi connectivity index (χ1n) is 5.08. The molecule has 0 saturated heterocycles. The van der Waals surface area contributed by atoms with Gasteiger partial charge in [-0.2, -0.15) is 0 Å². The number of hydrogen-bond donors (Lipinski definition) is 0. The Balaban J connectivity index is 2.37. The lowest BCUT2D eigenvalue weighted by atomic mass is 9.82. The zero-order valence-electron chi connectivity index (χ0n) is 8.48. The molecular weight excluding hydrogens is 132 g/mol. The summed E-state index contributed by atoms with van der Waals surface area (Å²) in [6.07, 6.45) is 5.79. The lowest BCUT2D eigenvalue weighted by Crippen LogP contribution is -2.13. The van der Waals surface area contributed by atoms with Gasteiger partial charge in [-0.25, -0.2) is 0 Å². The molecule has 0 aromatic heterocycles. The van der Waals surface area contributed by atoms with Crippen molar-refractivity contribution in [1.29, 1.82) is 0 Å². The van der Waals surface area contributed by atoms with Crippen molar-refractivity contribution >= 4 is 0 Å². The van der Waals surface area contributed by atoms with Crippen LogP contribution in [0.5, 0.6) is 0 Å². The highest BCUT2D eigenvalue weighted by atomic mass is 14.5. The first-order chi connectivity index (χ1) is 5.08. The monoisotopic (exact) mass is 154 g/mol. The van der Waals surface area contributed by atoms with E-state index < -0.39 is 0 Å². The molecule has 0 amide bonds. The summed E-state index contributed by atoms with van der Waals surface area (Å²) in [4.78, 5) is 0. The SMILES string of the molecule is CCC(CC(C)C)C1(C)CC1. The summed E-state index contributed by atoms with van der Waals surface area (Å²) in [5.41, 5.74) is 0.749. The largest absolute Gasteiger partial charge is 0.0651 e. The fourth-order valence-corrected chi connectivity index (χ4v) is 2.12. The van der Waals surface area contributed by atoms with Crippen LogP contribution in [-0.2, 0) is 0 Å².